The van der Waals surface area contributed by atoms with Gasteiger partial charge in [-0.2, -0.15) is 0 Å². The Hall–Kier alpha value is -1.71. The summed E-state index contributed by atoms with van der Waals surface area (Å²) in [5.74, 6) is 0.965. The lowest BCUT2D eigenvalue weighted by atomic mass is 9.96. The second kappa shape index (κ2) is 5.73. The van der Waals surface area contributed by atoms with E-state index in [1.165, 1.54) is 0 Å². The van der Waals surface area contributed by atoms with Crippen LogP contribution in [0.3, 0.4) is 0 Å². The molecular weight excluding hydrogens is 329 g/mol. The van der Waals surface area contributed by atoms with Gasteiger partial charge in [0, 0.05) is 0 Å². The summed E-state index contributed by atoms with van der Waals surface area (Å²) >= 11 is 12.7. The summed E-state index contributed by atoms with van der Waals surface area (Å²) in [5.41, 5.74) is 2.59. The Morgan fingerprint density at radius 2 is 1.65 bits per heavy atom. The monoisotopic (exact) mass is 345 g/mol. The van der Waals surface area contributed by atoms with Crippen molar-refractivity contribution in [2.24, 2.45) is 0 Å². The Bertz CT molecular complexity index is 797. The van der Waals surface area contributed by atoms with Crippen LogP contribution in [0.1, 0.15) is 31.5 Å². The molecule has 0 saturated heterocycles. The van der Waals surface area contributed by atoms with E-state index >= 15 is 0 Å². The molecule has 2 aromatic carbocycles. The standard InChI is InChI=1S/C18H17Cl2N3/c19-12-6-5-7-13(20)16(12)23-18(10-3-4-11-18)17-21-14-8-1-2-9-15(14)22-17/h1-2,5-9,23H,3-4,10-11H2,(H,21,22). The fourth-order valence-corrected chi connectivity index (χ4v) is 3.93. The molecule has 4 rings (SSSR count). The quantitative estimate of drug-likeness (QED) is 0.634. The van der Waals surface area contributed by atoms with Gasteiger partial charge < -0.3 is 10.3 Å². The third kappa shape index (κ3) is 2.58. The molecule has 0 amide bonds. The van der Waals surface area contributed by atoms with Gasteiger partial charge >= 0.3 is 0 Å². The minimum Gasteiger partial charge on any atom is -0.370 e. The number of para-hydroxylation sites is 3. The van der Waals surface area contributed by atoms with Crippen LogP contribution >= 0.6 is 23.2 Å². The lowest BCUT2D eigenvalue weighted by molar-refractivity contribution is 0.481. The molecule has 5 heteroatoms. The molecular formula is C18H17Cl2N3. The lowest BCUT2D eigenvalue weighted by Crippen LogP contribution is -2.33. The largest absolute Gasteiger partial charge is 0.370 e. The zero-order valence-corrected chi connectivity index (χ0v) is 14.1. The smallest absolute Gasteiger partial charge is 0.133 e. The number of fused-ring (bicyclic) bond motifs is 1. The average molecular weight is 346 g/mol. The first-order chi connectivity index (χ1) is 11.2. The van der Waals surface area contributed by atoms with E-state index < -0.39 is 0 Å². The predicted octanol–water partition coefficient (Wildman–Crippen LogP) is 5.75. The number of hydrogen-bond donors (Lipinski definition) is 2. The predicted molar refractivity (Wildman–Crippen MR) is 96.3 cm³/mol. The number of nitrogens with zero attached hydrogens (tertiary/aromatic N) is 1. The van der Waals surface area contributed by atoms with Gasteiger partial charge in [0.25, 0.3) is 0 Å². The van der Waals surface area contributed by atoms with Gasteiger partial charge in [0.1, 0.15) is 5.82 Å². The van der Waals surface area contributed by atoms with E-state index in [0.29, 0.717) is 10.0 Å². The summed E-state index contributed by atoms with van der Waals surface area (Å²) in [5, 5.41) is 4.89. The second-order valence-corrected chi connectivity index (χ2v) is 6.93. The van der Waals surface area contributed by atoms with E-state index in [2.05, 4.69) is 16.4 Å². The number of nitrogens with one attached hydrogen (secondary N) is 2. The van der Waals surface area contributed by atoms with Crippen molar-refractivity contribution < 1.29 is 0 Å². The van der Waals surface area contributed by atoms with Crippen LogP contribution in [0.15, 0.2) is 42.5 Å². The van der Waals surface area contributed by atoms with Crippen LogP contribution in [0.5, 0.6) is 0 Å². The molecule has 0 unspecified atom stereocenters. The Kier molecular flexibility index (Phi) is 3.70. The summed E-state index contributed by atoms with van der Waals surface area (Å²) in [6.07, 6.45) is 4.33. The highest BCUT2D eigenvalue weighted by atomic mass is 35.5. The Morgan fingerprint density at radius 1 is 0.957 bits per heavy atom. The molecule has 1 heterocycles. The fourth-order valence-electron chi connectivity index (χ4n) is 3.44. The van der Waals surface area contributed by atoms with E-state index in [4.69, 9.17) is 28.2 Å². The molecule has 0 atom stereocenters. The summed E-state index contributed by atoms with van der Waals surface area (Å²) in [7, 11) is 0. The zero-order valence-electron chi connectivity index (χ0n) is 12.6. The Balaban J connectivity index is 1.80. The van der Waals surface area contributed by atoms with Gasteiger partial charge in [-0.1, -0.05) is 54.2 Å². The molecule has 1 aliphatic carbocycles. The third-order valence-corrected chi connectivity index (χ3v) is 5.26. The first-order valence-corrected chi connectivity index (χ1v) is 8.61. The molecule has 0 aliphatic heterocycles. The molecule has 1 aromatic heterocycles. The number of imidazole rings is 1. The maximum absolute atomic E-state index is 6.36. The molecule has 3 aromatic rings. The molecule has 1 fully saturated rings. The zero-order chi connectivity index (χ0) is 15.9. The second-order valence-electron chi connectivity index (χ2n) is 6.11. The van der Waals surface area contributed by atoms with Gasteiger partial charge in [-0.15, -0.1) is 0 Å². The normalized spacial score (nSPS) is 16.8. The summed E-state index contributed by atoms with van der Waals surface area (Å²) in [6, 6.07) is 13.7. The number of halogens is 2. The molecule has 0 spiro atoms. The van der Waals surface area contributed by atoms with Crippen LogP contribution in [-0.2, 0) is 5.54 Å². The maximum atomic E-state index is 6.36. The Labute approximate surface area is 145 Å². The minimum atomic E-state index is -0.242. The van der Waals surface area contributed by atoms with Crippen molar-refractivity contribution in [3.05, 3.63) is 58.3 Å². The van der Waals surface area contributed by atoms with Gasteiger partial charge in [-0.3, -0.25) is 0 Å². The highest BCUT2D eigenvalue weighted by Crippen LogP contribution is 2.43. The molecule has 0 bridgehead atoms. The van der Waals surface area contributed by atoms with Crippen LogP contribution in [0.4, 0.5) is 5.69 Å². The number of hydrogen-bond acceptors (Lipinski definition) is 2. The summed E-state index contributed by atoms with van der Waals surface area (Å²) in [6.45, 7) is 0. The van der Waals surface area contributed by atoms with Crippen molar-refractivity contribution >= 4 is 39.9 Å². The number of rotatable bonds is 3. The number of H-pyrrole nitrogens is 1. The van der Waals surface area contributed by atoms with Crippen molar-refractivity contribution in [1.29, 1.82) is 0 Å². The summed E-state index contributed by atoms with van der Waals surface area (Å²) < 4.78 is 0. The van der Waals surface area contributed by atoms with Crippen LogP contribution < -0.4 is 5.32 Å². The van der Waals surface area contributed by atoms with Crippen molar-refractivity contribution in [2.45, 2.75) is 31.2 Å². The van der Waals surface area contributed by atoms with Gasteiger partial charge in [0.05, 0.1) is 32.3 Å². The van der Waals surface area contributed by atoms with E-state index in [9.17, 15) is 0 Å². The molecule has 1 saturated carbocycles. The minimum absolute atomic E-state index is 0.242. The van der Waals surface area contributed by atoms with Crippen LogP contribution in [0, 0.1) is 0 Å². The molecule has 2 N–H and O–H groups in total. The van der Waals surface area contributed by atoms with E-state index in [0.717, 1.165) is 48.2 Å². The SMILES string of the molecule is Clc1cccc(Cl)c1NC1(c2nc3ccccc3[nH]2)CCCC1. The number of aromatic nitrogens is 2. The van der Waals surface area contributed by atoms with Crippen LogP contribution in [-0.4, -0.2) is 9.97 Å². The average Bonchev–Trinajstić information content (AvgIpc) is 3.18. The molecule has 1 aliphatic rings. The number of anilines is 1. The first-order valence-electron chi connectivity index (χ1n) is 7.85. The molecule has 118 valence electrons. The van der Waals surface area contributed by atoms with E-state index in [1.807, 2.05) is 36.4 Å². The lowest BCUT2D eigenvalue weighted by Gasteiger charge is -2.30. The van der Waals surface area contributed by atoms with Crippen molar-refractivity contribution in [1.82, 2.24) is 9.97 Å². The van der Waals surface area contributed by atoms with Crippen LogP contribution in [0.2, 0.25) is 10.0 Å². The topological polar surface area (TPSA) is 40.7 Å². The Morgan fingerprint density at radius 3 is 2.35 bits per heavy atom. The van der Waals surface area contributed by atoms with E-state index in [1.54, 1.807) is 0 Å². The highest BCUT2D eigenvalue weighted by Gasteiger charge is 2.39. The number of benzene rings is 2. The molecule has 23 heavy (non-hydrogen) atoms. The highest BCUT2D eigenvalue weighted by molar-refractivity contribution is 6.39. The fraction of sp³-hybridized carbons (Fsp3) is 0.278. The number of aromatic amines is 1. The maximum Gasteiger partial charge on any atom is 0.133 e. The van der Waals surface area contributed by atoms with Gasteiger partial charge in [0.2, 0.25) is 0 Å². The molecule has 0 radical (unpaired) electrons. The van der Waals surface area contributed by atoms with Gasteiger partial charge in [0.15, 0.2) is 0 Å². The van der Waals surface area contributed by atoms with Crippen LogP contribution in [0.25, 0.3) is 11.0 Å². The van der Waals surface area contributed by atoms with Crippen molar-refractivity contribution in [3.8, 4) is 0 Å². The van der Waals surface area contributed by atoms with Gasteiger partial charge in [-0.25, -0.2) is 4.98 Å². The third-order valence-electron chi connectivity index (χ3n) is 4.63. The summed E-state index contributed by atoms with van der Waals surface area (Å²) in [4.78, 5) is 8.30. The van der Waals surface area contributed by atoms with Crippen molar-refractivity contribution in [3.63, 3.8) is 0 Å². The van der Waals surface area contributed by atoms with Gasteiger partial charge in [-0.05, 0) is 37.1 Å². The van der Waals surface area contributed by atoms with Crippen molar-refractivity contribution in [2.75, 3.05) is 5.32 Å². The van der Waals surface area contributed by atoms with E-state index in [-0.39, 0.29) is 5.54 Å². The molecule has 3 nitrogen and oxygen atoms in total. The first kappa shape index (κ1) is 14.9.